The second kappa shape index (κ2) is 9.68. The smallest absolute Gasteiger partial charge is 0.266 e. The molecule has 0 spiro atoms. The molecule has 1 amide bonds. The highest BCUT2D eigenvalue weighted by Crippen LogP contribution is 2.32. The normalized spacial score (nSPS) is 14.8. The van der Waals surface area contributed by atoms with Crippen LogP contribution in [0.25, 0.3) is 16.6 Å². The van der Waals surface area contributed by atoms with E-state index in [0.29, 0.717) is 23.3 Å². The van der Waals surface area contributed by atoms with Crippen LogP contribution >= 0.6 is 0 Å². The van der Waals surface area contributed by atoms with Crippen LogP contribution in [0.5, 0.6) is 0 Å². The van der Waals surface area contributed by atoms with E-state index in [2.05, 4.69) is 26.0 Å². The van der Waals surface area contributed by atoms with Crippen molar-refractivity contribution < 1.29 is 4.79 Å². The van der Waals surface area contributed by atoms with Gasteiger partial charge in [-0.25, -0.2) is 4.98 Å². The summed E-state index contributed by atoms with van der Waals surface area (Å²) in [6.07, 6.45) is 5.93. The van der Waals surface area contributed by atoms with E-state index in [1.54, 1.807) is 4.57 Å². The van der Waals surface area contributed by atoms with Crippen molar-refractivity contribution in [2.75, 3.05) is 6.54 Å². The van der Waals surface area contributed by atoms with Gasteiger partial charge in [0.1, 0.15) is 5.82 Å². The van der Waals surface area contributed by atoms with E-state index in [1.807, 2.05) is 48.2 Å². The first-order valence-corrected chi connectivity index (χ1v) is 12.0. The topological polar surface area (TPSA) is 55.2 Å². The van der Waals surface area contributed by atoms with Crippen LogP contribution in [0.4, 0.5) is 0 Å². The maximum absolute atomic E-state index is 13.6. The van der Waals surface area contributed by atoms with E-state index in [1.165, 1.54) is 5.56 Å². The number of hydrogen-bond acceptors (Lipinski definition) is 3. The van der Waals surface area contributed by atoms with Crippen molar-refractivity contribution in [2.45, 2.75) is 65.3 Å². The van der Waals surface area contributed by atoms with Gasteiger partial charge in [-0.05, 0) is 62.4 Å². The highest BCUT2D eigenvalue weighted by atomic mass is 16.2. The van der Waals surface area contributed by atoms with Gasteiger partial charge in [0.25, 0.3) is 5.56 Å². The lowest BCUT2D eigenvalue weighted by atomic mass is 9.84. The number of unbranched alkanes of at least 4 members (excludes halogenated alkanes) is 1. The van der Waals surface area contributed by atoms with Gasteiger partial charge in [-0.15, -0.1) is 0 Å². The van der Waals surface area contributed by atoms with Crippen LogP contribution in [0.3, 0.4) is 0 Å². The molecule has 1 heterocycles. The molecule has 1 fully saturated rings. The van der Waals surface area contributed by atoms with Crippen molar-refractivity contribution >= 4 is 16.8 Å². The Morgan fingerprint density at radius 3 is 2.47 bits per heavy atom. The first kappa shape index (κ1) is 22.3. The second-order valence-electron chi connectivity index (χ2n) is 8.84. The van der Waals surface area contributed by atoms with Crippen LogP contribution in [0.1, 0.15) is 70.3 Å². The number of amides is 1. The van der Waals surface area contributed by atoms with Crippen LogP contribution in [-0.4, -0.2) is 26.9 Å². The molecule has 168 valence electrons. The highest BCUT2D eigenvalue weighted by molar-refractivity contribution is 5.80. The molecule has 32 heavy (non-hydrogen) atoms. The second-order valence-corrected chi connectivity index (χ2v) is 8.84. The fourth-order valence-corrected chi connectivity index (χ4v) is 4.41. The number of aryl methyl sites for hydroxylation is 1. The van der Waals surface area contributed by atoms with E-state index < -0.39 is 0 Å². The summed E-state index contributed by atoms with van der Waals surface area (Å²) >= 11 is 0. The Bertz CT molecular complexity index is 1150. The van der Waals surface area contributed by atoms with E-state index in [4.69, 9.17) is 4.98 Å². The molecule has 0 bridgehead atoms. The first-order chi connectivity index (χ1) is 15.5. The maximum Gasteiger partial charge on any atom is 0.266 e. The van der Waals surface area contributed by atoms with Gasteiger partial charge in [0, 0.05) is 12.5 Å². The van der Waals surface area contributed by atoms with Gasteiger partial charge >= 0.3 is 0 Å². The number of para-hydroxylation sites is 1. The molecule has 5 nitrogen and oxygen atoms in total. The Morgan fingerprint density at radius 2 is 1.84 bits per heavy atom. The molecule has 0 radical (unpaired) electrons. The van der Waals surface area contributed by atoms with E-state index >= 15 is 0 Å². The zero-order valence-corrected chi connectivity index (χ0v) is 19.4. The predicted octanol–water partition coefficient (Wildman–Crippen LogP) is 5.44. The standard InChI is InChI=1S/C27H33N3O2/c1-4-6-18-29(26(31)21-10-9-11-21)19(3)25-28-24-13-8-7-12-23(24)27(32)30(25)22-16-14-20(5-2)15-17-22/h7-8,12-17,19,21H,4-6,9-11,18H2,1-3H3. The summed E-state index contributed by atoms with van der Waals surface area (Å²) < 4.78 is 1.71. The lowest BCUT2D eigenvalue weighted by Crippen LogP contribution is -2.42. The SMILES string of the molecule is CCCCN(C(=O)C1CCC1)C(C)c1nc2ccccc2c(=O)n1-c1ccc(CC)cc1. The molecule has 3 aromatic rings. The van der Waals surface area contributed by atoms with Crippen molar-refractivity contribution in [1.29, 1.82) is 0 Å². The average Bonchev–Trinajstić information content (AvgIpc) is 2.78. The summed E-state index contributed by atoms with van der Waals surface area (Å²) in [7, 11) is 0. The monoisotopic (exact) mass is 431 g/mol. The molecule has 1 aliphatic carbocycles. The number of hydrogen-bond donors (Lipinski definition) is 0. The van der Waals surface area contributed by atoms with E-state index in [0.717, 1.165) is 44.2 Å². The zero-order chi connectivity index (χ0) is 22.7. The number of carbonyl (C=O) groups excluding carboxylic acids is 1. The molecule has 0 aliphatic heterocycles. The van der Waals surface area contributed by atoms with Crippen LogP contribution in [0, 0.1) is 5.92 Å². The van der Waals surface area contributed by atoms with Crippen molar-refractivity contribution in [3.05, 3.63) is 70.3 Å². The van der Waals surface area contributed by atoms with Crippen LogP contribution in [0.15, 0.2) is 53.3 Å². The maximum atomic E-state index is 13.6. The first-order valence-electron chi connectivity index (χ1n) is 12.0. The lowest BCUT2D eigenvalue weighted by molar-refractivity contribution is -0.140. The number of benzene rings is 2. The average molecular weight is 432 g/mol. The highest BCUT2D eigenvalue weighted by Gasteiger charge is 2.33. The number of rotatable bonds is 8. The van der Waals surface area contributed by atoms with E-state index in [-0.39, 0.29) is 23.4 Å². The van der Waals surface area contributed by atoms with Gasteiger partial charge in [-0.2, -0.15) is 0 Å². The largest absolute Gasteiger partial charge is 0.333 e. The molecule has 0 N–H and O–H groups in total. The molecule has 1 unspecified atom stereocenters. The fourth-order valence-electron chi connectivity index (χ4n) is 4.41. The predicted molar refractivity (Wildman–Crippen MR) is 129 cm³/mol. The Hall–Kier alpha value is -2.95. The Morgan fingerprint density at radius 1 is 1.12 bits per heavy atom. The summed E-state index contributed by atoms with van der Waals surface area (Å²) in [5.74, 6) is 0.938. The minimum Gasteiger partial charge on any atom is -0.333 e. The van der Waals surface area contributed by atoms with Crippen molar-refractivity contribution in [3.8, 4) is 5.69 Å². The van der Waals surface area contributed by atoms with Crippen molar-refractivity contribution in [1.82, 2.24) is 14.5 Å². The van der Waals surface area contributed by atoms with Gasteiger partial charge in [0.05, 0.1) is 22.6 Å². The minimum atomic E-state index is -0.294. The quantitative estimate of drug-likeness (QED) is 0.477. The molecule has 5 heteroatoms. The fraction of sp³-hybridized carbons (Fsp3) is 0.444. The van der Waals surface area contributed by atoms with Crippen LogP contribution in [-0.2, 0) is 11.2 Å². The summed E-state index contributed by atoms with van der Waals surface area (Å²) in [5, 5.41) is 0.591. The number of aromatic nitrogens is 2. The number of carbonyl (C=O) groups is 1. The Kier molecular flexibility index (Phi) is 6.73. The van der Waals surface area contributed by atoms with Gasteiger partial charge in [-0.3, -0.25) is 14.2 Å². The Balaban J connectivity index is 1.86. The summed E-state index contributed by atoms with van der Waals surface area (Å²) in [4.78, 5) is 33.9. The minimum absolute atomic E-state index is 0.0896. The number of nitrogens with zero attached hydrogens (tertiary/aromatic N) is 3. The molecule has 1 aliphatic rings. The van der Waals surface area contributed by atoms with Crippen molar-refractivity contribution in [2.24, 2.45) is 5.92 Å². The zero-order valence-electron chi connectivity index (χ0n) is 19.4. The molecule has 1 atom stereocenters. The van der Waals surface area contributed by atoms with Gasteiger partial charge < -0.3 is 4.90 Å². The molecule has 2 aromatic carbocycles. The summed E-state index contributed by atoms with van der Waals surface area (Å²) in [6.45, 7) is 6.95. The Labute approximate surface area is 190 Å². The lowest BCUT2D eigenvalue weighted by Gasteiger charge is -2.36. The molecule has 4 rings (SSSR count). The summed E-state index contributed by atoms with van der Waals surface area (Å²) in [6, 6.07) is 15.3. The van der Waals surface area contributed by atoms with Gasteiger partial charge in [0.2, 0.25) is 5.91 Å². The van der Waals surface area contributed by atoms with Gasteiger partial charge in [0.15, 0.2) is 0 Å². The van der Waals surface area contributed by atoms with E-state index in [9.17, 15) is 9.59 Å². The van der Waals surface area contributed by atoms with Crippen LogP contribution < -0.4 is 5.56 Å². The van der Waals surface area contributed by atoms with Crippen LogP contribution in [0.2, 0.25) is 0 Å². The molecule has 1 aromatic heterocycles. The third kappa shape index (κ3) is 4.21. The van der Waals surface area contributed by atoms with Crippen molar-refractivity contribution in [3.63, 3.8) is 0 Å². The molecular formula is C27H33N3O2. The third-order valence-electron chi connectivity index (χ3n) is 6.74. The van der Waals surface area contributed by atoms with Gasteiger partial charge in [-0.1, -0.05) is 51.0 Å². The third-order valence-corrected chi connectivity index (χ3v) is 6.74. The molecule has 0 saturated heterocycles. The molecular weight excluding hydrogens is 398 g/mol. The summed E-state index contributed by atoms with van der Waals surface area (Å²) in [5.41, 5.74) is 2.59. The number of fused-ring (bicyclic) bond motifs is 1. The molecule has 1 saturated carbocycles.